The summed E-state index contributed by atoms with van der Waals surface area (Å²) in [5, 5.41) is 0. The smallest absolute Gasteiger partial charge is 0.333 e. The van der Waals surface area contributed by atoms with Crippen molar-refractivity contribution in [1.29, 1.82) is 0 Å². The highest BCUT2D eigenvalue weighted by Gasteiger charge is 2.18. The van der Waals surface area contributed by atoms with Gasteiger partial charge in [-0.2, -0.15) is 0 Å². The lowest BCUT2D eigenvalue weighted by atomic mass is 10.0. The lowest BCUT2D eigenvalue weighted by Gasteiger charge is -2.08. The number of carbonyl (C=O) groups excluding carboxylic acids is 2. The Morgan fingerprint density at radius 2 is 1.89 bits per heavy atom. The summed E-state index contributed by atoms with van der Waals surface area (Å²) in [7, 11) is 0. The predicted molar refractivity (Wildman–Crippen MR) is 99.3 cm³/mol. The second-order valence-electron chi connectivity index (χ2n) is 3.67. The Morgan fingerprint density at radius 1 is 1.26 bits per heavy atom. The molecule has 0 saturated carbocycles. The normalized spacial score (nSPS) is 10.1. The number of hydrogen-bond donors (Lipinski definition) is 0. The Balaban J connectivity index is 2.90. The third-order valence-corrected chi connectivity index (χ3v) is 5.90. The van der Waals surface area contributed by atoms with Crippen LogP contribution in [0.4, 0.5) is 0 Å². The molecule has 0 bridgehead atoms. The highest BCUT2D eigenvalue weighted by Crippen LogP contribution is 2.24. The Hall–Kier alpha value is 0.290. The largest absolute Gasteiger partial charge is 0.463 e. The van der Waals surface area contributed by atoms with Gasteiger partial charge in [-0.05, 0) is 86.8 Å². The molecule has 0 aliphatic rings. The monoisotopic (exact) mass is 596 g/mol. The first-order chi connectivity index (χ1) is 8.86. The first-order valence-electron chi connectivity index (χ1n) is 5.39. The summed E-state index contributed by atoms with van der Waals surface area (Å²) < 4.78 is 7.74. The van der Waals surface area contributed by atoms with Crippen LogP contribution in [0.1, 0.15) is 23.7 Å². The molecule has 0 N–H and O–H groups in total. The molecule has 0 aliphatic carbocycles. The maximum atomic E-state index is 12.2. The van der Waals surface area contributed by atoms with Crippen molar-refractivity contribution < 1.29 is 14.3 Å². The van der Waals surface area contributed by atoms with Gasteiger partial charge >= 0.3 is 5.97 Å². The van der Waals surface area contributed by atoms with E-state index < -0.39 is 5.97 Å². The van der Waals surface area contributed by atoms with Crippen molar-refractivity contribution in [2.75, 3.05) is 6.61 Å². The molecule has 0 atom stereocenters. The molecule has 0 unspecified atom stereocenters. The molecular weight excluding hydrogens is 585 g/mol. The van der Waals surface area contributed by atoms with Crippen LogP contribution in [0.2, 0.25) is 0 Å². The molecule has 0 fully saturated rings. The zero-order valence-electron chi connectivity index (χ0n) is 10.1. The summed E-state index contributed by atoms with van der Waals surface area (Å²) >= 11 is 6.50. The van der Waals surface area contributed by atoms with E-state index in [0.717, 1.165) is 10.7 Å². The minimum absolute atomic E-state index is 0.00892. The molecule has 0 heterocycles. The number of esters is 1. The average molecular weight is 596 g/mol. The lowest BCUT2D eigenvalue weighted by molar-refractivity contribution is -0.138. The van der Waals surface area contributed by atoms with Crippen molar-refractivity contribution in [2.45, 2.75) is 13.3 Å². The summed E-state index contributed by atoms with van der Waals surface area (Å²) in [6.07, 6.45) is -0.00892. The van der Waals surface area contributed by atoms with Gasteiger partial charge in [-0.25, -0.2) is 4.79 Å². The Morgan fingerprint density at radius 3 is 2.47 bits per heavy atom. The van der Waals surface area contributed by atoms with Crippen LogP contribution in [0, 0.1) is 10.7 Å². The van der Waals surface area contributed by atoms with Crippen molar-refractivity contribution in [3.05, 3.63) is 40.6 Å². The van der Waals surface area contributed by atoms with Crippen LogP contribution in [0.25, 0.3) is 0 Å². The second-order valence-corrected chi connectivity index (χ2v) is 7.16. The van der Waals surface area contributed by atoms with Gasteiger partial charge in [0.2, 0.25) is 0 Å². The fraction of sp³-hybridized carbons (Fsp3) is 0.231. The van der Waals surface area contributed by atoms with Gasteiger partial charge in [0, 0.05) is 28.3 Å². The molecule has 0 spiro atoms. The number of rotatable bonds is 5. The summed E-state index contributed by atoms with van der Waals surface area (Å²) in [5.41, 5.74) is 0.818. The molecule has 3 nitrogen and oxygen atoms in total. The maximum absolute atomic E-state index is 12.2. The number of halogens is 3. The van der Waals surface area contributed by atoms with E-state index in [1.165, 1.54) is 0 Å². The Kier molecular flexibility index (Phi) is 7.22. The van der Waals surface area contributed by atoms with E-state index in [9.17, 15) is 9.59 Å². The molecule has 1 aromatic carbocycles. The SMILES string of the molecule is C=C(CC(=O)c1cc(I)cc(I)c1I)C(=O)OCC. The van der Waals surface area contributed by atoms with Gasteiger partial charge in [0.25, 0.3) is 0 Å². The van der Waals surface area contributed by atoms with Crippen LogP contribution in [-0.4, -0.2) is 18.4 Å². The zero-order chi connectivity index (χ0) is 14.6. The summed E-state index contributed by atoms with van der Waals surface area (Å²) in [6.45, 7) is 5.61. The van der Waals surface area contributed by atoms with Gasteiger partial charge in [-0.15, -0.1) is 0 Å². The topological polar surface area (TPSA) is 43.4 Å². The third-order valence-electron chi connectivity index (χ3n) is 2.23. The fourth-order valence-corrected chi connectivity index (χ4v) is 3.81. The van der Waals surface area contributed by atoms with Crippen molar-refractivity contribution in [2.24, 2.45) is 0 Å². The van der Waals surface area contributed by atoms with E-state index in [2.05, 4.69) is 74.4 Å². The van der Waals surface area contributed by atoms with E-state index in [-0.39, 0.29) is 24.4 Å². The van der Waals surface area contributed by atoms with Gasteiger partial charge in [0.1, 0.15) is 0 Å². The number of benzene rings is 1. The van der Waals surface area contributed by atoms with Crippen molar-refractivity contribution >= 4 is 79.5 Å². The van der Waals surface area contributed by atoms with Gasteiger partial charge in [-0.3, -0.25) is 4.79 Å². The maximum Gasteiger partial charge on any atom is 0.333 e. The Bertz CT molecular complexity index is 538. The summed E-state index contributed by atoms with van der Waals surface area (Å²) in [4.78, 5) is 23.7. The van der Waals surface area contributed by atoms with E-state index in [0.29, 0.717) is 5.56 Å². The van der Waals surface area contributed by atoms with Crippen molar-refractivity contribution in [3.63, 3.8) is 0 Å². The molecular formula is C13H11I3O3. The number of ether oxygens (including phenoxy) is 1. The molecule has 1 rings (SSSR count). The fourth-order valence-electron chi connectivity index (χ4n) is 1.35. The molecule has 102 valence electrons. The van der Waals surface area contributed by atoms with Gasteiger partial charge < -0.3 is 4.74 Å². The minimum atomic E-state index is -0.508. The van der Waals surface area contributed by atoms with E-state index in [1.807, 2.05) is 12.1 Å². The van der Waals surface area contributed by atoms with Crippen LogP contribution in [0.3, 0.4) is 0 Å². The zero-order valence-corrected chi connectivity index (χ0v) is 16.6. The van der Waals surface area contributed by atoms with Crippen LogP contribution >= 0.6 is 67.8 Å². The number of ketones is 1. The molecule has 0 aliphatic heterocycles. The molecule has 19 heavy (non-hydrogen) atoms. The number of hydrogen-bond acceptors (Lipinski definition) is 3. The van der Waals surface area contributed by atoms with Crippen LogP contribution in [0.15, 0.2) is 24.3 Å². The molecule has 0 amide bonds. The number of carbonyl (C=O) groups is 2. The summed E-state index contributed by atoms with van der Waals surface area (Å²) in [5.74, 6) is -0.620. The van der Waals surface area contributed by atoms with E-state index in [4.69, 9.17) is 4.74 Å². The van der Waals surface area contributed by atoms with E-state index in [1.54, 1.807) is 6.92 Å². The van der Waals surface area contributed by atoms with Crippen LogP contribution in [0.5, 0.6) is 0 Å². The predicted octanol–water partition coefficient (Wildman–Crippen LogP) is 4.19. The van der Waals surface area contributed by atoms with Crippen molar-refractivity contribution in [1.82, 2.24) is 0 Å². The first-order valence-corrected chi connectivity index (χ1v) is 8.63. The number of Topliss-reactive ketones (excluding diaryl/α,β-unsaturated/α-hetero) is 1. The third kappa shape index (κ3) is 4.96. The highest BCUT2D eigenvalue weighted by molar-refractivity contribution is 14.1. The second kappa shape index (κ2) is 7.91. The minimum Gasteiger partial charge on any atom is -0.463 e. The molecule has 0 aromatic heterocycles. The first kappa shape index (κ1) is 17.3. The van der Waals surface area contributed by atoms with Crippen LogP contribution < -0.4 is 0 Å². The average Bonchev–Trinajstić information content (AvgIpc) is 2.33. The highest BCUT2D eigenvalue weighted by atomic mass is 127. The van der Waals surface area contributed by atoms with Gasteiger partial charge in [0.15, 0.2) is 5.78 Å². The van der Waals surface area contributed by atoms with Gasteiger partial charge in [-0.1, -0.05) is 6.58 Å². The van der Waals surface area contributed by atoms with Crippen molar-refractivity contribution in [3.8, 4) is 0 Å². The molecule has 1 aromatic rings. The Labute approximate surface area is 153 Å². The van der Waals surface area contributed by atoms with E-state index >= 15 is 0 Å². The molecule has 6 heteroatoms. The standard InChI is InChI=1S/C13H11I3O3/c1-3-19-13(18)7(2)4-11(17)9-5-8(14)6-10(15)12(9)16/h5-6H,2-4H2,1H3. The quantitative estimate of drug-likeness (QED) is 0.169. The van der Waals surface area contributed by atoms with Gasteiger partial charge in [0.05, 0.1) is 6.61 Å². The summed E-state index contributed by atoms with van der Waals surface area (Å²) in [6, 6.07) is 3.82. The lowest BCUT2D eigenvalue weighted by Crippen LogP contribution is -2.12. The molecule has 0 saturated heterocycles. The molecule has 0 radical (unpaired) electrons. The van der Waals surface area contributed by atoms with Crippen LogP contribution in [-0.2, 0) is 9.53 Å².